The Morgan fingerprint density at radius 2 is 0.500 bits per heavy atom. The average Bonchev–Trinajstić information content (AvgIpc) is 2.85. The topological polar surface area (TPSA) is 0 Å². The van der Waals surface area contributed by atoms with Crippen LogP contribution in [0.5, 0.6) is 0 Å². The number of allylic oxidation sites excluding steroid dienone is 2. The summed E-state index contributed by atoms with van der Waals surface area (Å²) in [4.78, 5) is 0. The Morgan fingerprint density at radius 3 is 0.706 bits per heavy atom. The zero-order chi connectivity index (χ0) is 24.6. The summed E-state index contributed by atoms with van der Waals surface area (Å²) in [6, 6.07) is 0. The molecule has 0 aliphatic carbocycles. The van der Waals surface area contributed by atoms with Gasteiger partial charge in [0, 0.05) is 0 Å². The normalized spacial score (nSPS) is 11.7. The van der Waals surface area contributed by atoms with E-state index in [1.807, 2.05) is 0 Å². The molecule has 0 unspecified atom stereocenters. The van der Waals surface area contributed by atoms with E-state index in [4.69, 9.17) is 0 Å². The fraction of sp³-hybridized carbons (Fsp3) is 0.941. The second-order valence-electron chi connectivity index (χ2n) is 11.3. The van der Waals surface area contributed by atoms with Gasteiger partial charge < -0.3 is 0 Å². The molecule has 0 spiro atoms. The number of hydrogen-bond donors (Lipinski definition) is 0. The lowest BCUT2D eigenvalue weighted by molar-refractivity contribution is 0.513. The monoisotopic (exact) mass is 477 g/mol. The van der Waals surface area contributed by atoms with Crippen LogP contribution >= 0.6 is 0 Å². The predicted molar refractivity (Wildman–Crippen MR) is 159 cm³/mol. The zero-order valence-corrected chi connectivity index (χ0v) is 24.4. The molecule has 0 aromatic heterocycles. The van der Waals surface area contributed by atoms with E-state index in [1.54, 1.807) is 0 Å². The first-order valence-corrected chi connectivity index (χ1v) is 16.5. The van der Waals surface area contributed by atoms with Crippen LogP contribution in [-0.4, -0.2) is 0 Å². The number of rotatable bonds is 30. The van der Waals surface area contributed by atoms with Gasteiger partial charge in [0.1, 0.15) is 0 Å². The van der Waals surface area contributed by atoms with Gasteiger partial charge >= 0.3 is 0 Å². The van der Waals surface area contributed by atoms with E-state index in [1.165, 1.54) is 193 Å². The van der Waals surface area contributed by atoms with Crippen molar-refractivity contribution in [2.24, 2.45) is 0 Å². The van der Waals surface area contributed by atoms with E-state index in [0.717, 1.165) is 0 Å². The van der Waals surface area contributed by atoms with Gasteiger partial charge in [-0.05, 0) is 19.8 Å². The third kappa shape index (κ3) is 31.7. The minimum absolute atomic E-state index is 1.29. The third-order valence-electron chi connectivity index (χ3n) is 7.71. The van der Waals surface area contributed by atoms with Crippen molar-refractivity contribution < 1.29 is 0 Å². The molecule has 204 valence electrons. The average molecular weight is 477 g/mol. The van der Waals surface area contributed by atoms with Gasteiger partial charge in [-0.3, -0.25) is 0 Å². The summed E-state index contributed by atoms with van der Waals surface area (Å²) in [5, 5.41) is 0. The summed E-state index contributed by atoms with van der Waals surface area (Å²) >= 11 is 0. The van der Waals surface area contributed by atoms with Gasteiger partial charge in [0.05, 0.1) is 0 Å². The Bertz CT molecular complexity index is 355. The summed E-state index contributed by atoms with van der Waals surface area (Å²) in [5.74, 6) is 0. The molecular formula is C34H68. The van der Waals surface area contributed by atoms with Crippen molar-refractivity contribution >= 4 is 0 Å². The van der Waals surface area contributed by atoms with Gasteiger partial charge in [-0.15, -0.1) is 0 Å². The van der Waals surface area contributed by atoms with Crippen molar-refractivity contribution in [3.63, 3.8) is 0 Å². The Hall–Kier alpha value is -0.260. The quantitative estimate of drug-likeness (QED) is 0.0714. The molecule has 0 N–H and O–H groups in total. The number of unbranched alkanes of at least 4 members (excludes halogenated alkanes) is 29. The van der Waals surface area contributed by atoms with Crippen molar-refractivity contribution in [2.45, 2.75) is 206 Å². The van der Waals surface area contributed by atoms with Crippen LogP contribution in [0.25, 0.3) is 0 Å². The van der Waals surface area contributed by atoms with E-state index in [-0.39, 0.29) is 0 Å². The lowest BCUT2D eigenvalue weighted by Crippen LogP contribution is -1.85. The SMILES string of the molecule is C/C=C/CCCCCCCCCCCCCCCCCCCCCCCCCCCCCCC. The minimum atomic E-state index is 1.29. The maximum atomic E-state index is 2.31. The van der Waals surface area contributed by atoms with E-state index in [0.29, 0.717) is 0 Å². The van der Waals surface area contributed by atoms with Crippen molar-refractivity contribution in [3.8, 4) is 0 Å². The highest BCUT2D eigenvalue weighted by molar-refractivity contribution is 4.76. The first-order chi connectivity index (χ1) is 16.9. The van der Waals surface area contributed by atoms with Gasteiger partial charge in [-0.2, -0.15) is 0 Å². The van der Waals surface area contributed by atoms with Crippen LogP contribution in [-0.2, 0) is 0 Å². The van der Waals surface area contributed by atoms with Crippen LogP contribution in [0.2, 0.25) is 0 Å². The molecule has 0 rings (SSSR count). The third-order valence-corrected chi connectivity index (χ3v) is 7.71. The summed E-state index contributed by atoms with van der Waals surface area (Å²) in [6.45, 7) is 4.43. The van der Waals surface area contributed by atoms with Gasteiger partial charge in [0.15, 0.2) is 0 Å². The van der Waals surface area contributed by atoms with E-state index >= 15 is 0 Å². The lowest BCUT2D eigenvalue weighted by atomic mass is 10.0. The van der Waals surface area contributed by atoms with Crippen molar-refractivity contribution in [1.82, 2.24) is 0 Å². The summed E-state index contributed by atoms with van der Waals surface area (Å²) < 4.78 is 0. The highest BCUT2D eigenvalue weighted by atomic mass is 14.0. The largest absolute Gasteiger partial charge is 0.0917 e. The standard InChI is InChI=1S/C34H68/c1-3-5-7-9-11-13-15-17-19-21-23-25-27-29-31-33-34-32-30-28-26-24-22-20-18-16-14-12-10-8-6-4-2/h3,5H,4,6-34H2,1-2H3/b5-3+. The molecule has 0 radical (unpaired) electrons. The highest BCUT2D eigenvalue weighted by Gasteiger charge is 1.96. The number of hydrogen-bond acceptors (Lipinski definition) is 0. The molecule has 0 aliphatic heterocycles. The Balaban J connectivity index is 3.00. The molecule has 0 heterocycles. The molecule has 0 aliphatic rings. The molecule has 0 heteroatoms. The lowest BCUT2D eigenvalue weighted by Gasteiger charge is -2.04. The van der Waals surface area contributed by atoms with Crippen LogP contribution in [0, 0.1) is 0 Å². The maximum Gasteiger partial charge on any atom is -0.0351 e. The molecule has 0 aromatic rings. The summed E-state index contributed by atoms with van der Waals surface area (Å²) in [7, 11) is 0. The minimum Gasteiger partial charge on any atom is -0.0917 e. The molecule has 0 saturated heterocycles. The molecule has 0 saturated carbocycles. The van der Waals surface area contributed by atoms with Gasteiger partial charge in [0.25, 0.3) is 0 Å². The summed E-state index contributed by atoms with van der Waals surface area (Å²) in [6.07, 6.45) is 48.6. The molecule has 0 aromatic carbocycles. The Labute approximate surface area is 218 Å². The molecule has 0 nitrogen and oxygen atoms in total. The van der Waals surface area contributed by atoms with Crippen LogP contribution in [0.4, 0.5) is 0 Å². The van der Waals surface area contributed by atoms with Crippen LogP contribution in [0.3, 0.4) is 0 Å². The van der Waals surface area contributed by atoms with Crippen LogP contribution < -0.4 is 0 Å². The van der Waals surface area contributed by atoms with Gasteiger partial charge in [0.2, 0.25) is 0 Å². The van der Waals surface area contributed by atoms with Crippen LogP contribution in [0.15, 0.2) is 12.2 Å². The molecule has 34 heavy (non-hydrogen) atoms. The van der Waals surface area contributed by atoms with E-state index in [2.05, 4.69) is 26.0 Å². The molecule has 0 bridgehead atoms. The second-order valence-corrected chi connectivity index (χ2v) is 11.3. The predicted octanol–water partition coefficient (Wildman–Crippen LogP) is 13.3. The zero-order valence-electron chi connectivity index (χ0n) is 24.4. The van der Waals surface area contributed by atoms with Crippen molar-refractivity contribution in [3.05, 3.63) is 12.2 Å². The van der Waals surface area contributed by atoms with Crippen LogP contribution in [0.1, 0.15) is 206 Å². The van der Waals surface area contributed by atoms with E-state index < -0.39 is 0 Å². The van der Waals surface area contributed by atoms with E-state index in [9.17, 15) is 0 Å². The fourth-order valence-corrected chi connectivity index (χ4v) is 5.28. The second kappa shape index (κ2) is 32.7. The molecule has 0 fully saturated rings. The van der Waals surface area contributed by atoms with Crippen molar-refractivity contribution in [1.29, 1.82) is 0 Å². The Morgan fingerprint density at radius 1 is 0.294 bits per heavy atom. The van der Waals surface area contributed by atoms with Gasteiger partial charge in [-0.1, -0.05) is 199 Å². The molecule has 0 atom stereocenters. The van der Waals surface area contributed by atoms with Crippen molar-refractivity contribution in [2.75, 3.05) is 0 Å². The highest BCUT2D eigenvalue weighted by Crippen LogP contribution is 2.16. The molecular weight excluding hydrogens is 408 g/mol. The fourth-order valence-electron chi connectivity index (χ4n) is 5.28. The molecule has 0 amide bonds. The smallest absolute Gasteiger partial charge is 0.0351 e. The Kier molecular flexibility index (Phi) is 32.5. The van der Waals surface area contributed by atoms with Gasteiger partial charge in [-0.25, -0.2) is 0 Å². The maximum absolute atomic E-state index is 2.31. The summed E-state index contributed by atoms with van der Waals surface area (Å²) in [5.41, 5.74) is 0. The first-order valence-electron chi connectivity index (χ1n) is 16.5. The first kappa shape index (κ1) is 33.7.